The molecule has 48 heavy (non-hydrogen) atoms. The Hall–Kier alpha value is -5.68. The molecule has 0 atom stereocenters. The van der Waals surface area contributed by atoms with Crippen molar-refractivity contribution in [1.29, 1.82) is 0 Å². The van der Waals surface area contributed by atoms with Crippen LogP contribution in [0.3, 0.4) is 0 Å². The minimum Gasteiger partial charge on any atom is -0.422 e. The monoisotopic (exact) mass is 662 g/mol. The molecule has 0 aliphatic heterocycles. The van der Waals surface area contributed by atoms with E-state index in [2.05, 4.69) is 0 Å². The molecule has 0 fully saturated rings. The highest BCUT2D eigenvalue weighted by molar-refractivity contribution is 6.34. The van der Waals surface area contributed by atoms with Crippen molar-refractivity contribution >= 4 is 78.2 Å². The van der Waals surface area contributed by atoms with Gasteiger partial charge in [-0.1, -0.05) is 108 Å². The summed E-state index contributed by atoms with van der Waals surface area (Å²) in [6.07, 6.45) is 0. The zero-order valence-electron chi connectivity index (χ0n) is 25.2. The number of ether oxygens (including phenoxy) is 2. The number of esters is 2. The molecular weight excluding hydrogens is 639 g/mol. The van der Waals surface area contributed by atoms with Gasteiger partial charge in [0.05, 0.1) is 11.1 Å². The Morgan fingerprint density at radius 3 is 1.10 bits per heavy atom. The van der Waals surface area contributed by atoms with Crippen molar-refractivity contribution in [2.45, 2.75) is 0 Å². The molecule has 0 unspecified atom stereocenters. The molecule has 4 nitrogen and oxygen atoms in total. The van der Waals surface area contributed by atoms with E-state index in [4.69, 9.17) is 32.7 Å². The molecule has 0 spiro atoms. The molecule has 0 radical (unpaired) electrons. The van der Waals surface area contributed by atoms with Crippen LogP contribution in [0.1, 0.15) is 20.7 Å². The lowest BCUT2D eigenvalue weighted by Crippen LogP contribution is -2.09. The first-order chi connectivity index (χ1) is 23.5. The molecule has 0 heterocycles. The van der Waals surface area contributed by atoms with Crippen molar-refractivity contribution < 1.29 is 19.1 Å². The van der Waals surface area contributed by atoms with Crippen LogP contribution < -0.4 is 9.47 Å². The van der Waals surface area contributed by atoms with E-state index in [9.17, 15) is 9.59 Å². The number of hydrogen-bond acceptors (Lipinski definition) is 4. The fraction of sp³-hybridized carbons (Fsp3) is 0. The van der Waals surface area contributed by atoms with Crippen molar-refractivity contribution in [1.82, 2.24) is 0 Å². The van der Waals surface area contributed by atoms with Crippen LogP contribution in [0.5, 0.6) is 11.5 Å². The molecule has 0 aliphatic carbocycles. The summed E-state index contributed by atoms with van der Waals surface area (Å²) in [7, 11) is 0. The van der Waals surface area contributed by atoms with Gasteiger partial charge in [0.25, 0.3) is 0 Å². The van der Waals surface area contributed by atoms with Gasteiger partial charge in [-0.05, 0) is 93.3 Å². The predicted molar refractivity (Wildman–Crippen MR) is 195 cm³/mol. The molecule has 0 aromatic heterocycles. The summed E-state index contributed by atoms with van der Waals surface area (Å²) < 4.78 is 12.4. The Morgan fingerprint density at radius 2 is 0.708 bits per heavy atom. The normalized spacial score (nSPS) is 11.3. The van der Waals surface area contributed by atoms with E-state index >= 15 is 0 Å². The summed E-state index contributed by atoms with van der Waals surface area (Å²) in [5.41, 5.74) is 2.65. The van der Waals surface area contributed by atoms with Crippen LogP contribution in [-0.4, -0.2) is 11.9 Å². The van der Waals surface area contributed by atoms with E-state index in [1.54, 1.807) is 60.7 Å². The highest BCUT2D eigenvalue weighted by Gasteiger charge is 2.25. The maximum atomic E-state index is 13.4. The van der Waals surface area contributed by atoms with Gasteiger partial charge in [0.15, 0.2) is 0 Å². The van der Waals surface area contributed by atoms with Crippen LogP contribution in [0, 0.1) is 0 Å². The molecule has 8 aromatic carbocycles. The largest absolute Gasteiger partial charge is 0.422 e. The van der Waals surface area contributed by atoms with E-state index in [1.165, 1.54) is 0 Å². The van der Waals surface area contributed by atoms with E-state index in [1.807, 2.05) is 84.9 Å². The molecule has 0 saturated carbocycles. The second-order valence-electron chi connectivity index (χ2n) is 11.4. The molecule has 0 aliphatic rings. The Bertz CT molecular complexity index is 2380. The van der Waals surface area contributed by atoms with E-state index < -0.39 is 11.9 Å². The SMILES string of the molecule is O=C(Oc1c2ccccc2c(-c2c3ccccc3c(OC(=O)c3ccccc3)c3ccc(Cl)cc23)c2cc(Cl)ccc12)c1ccccc1. The number of fused-ring (bicyclic) bond motifs is 4. The van der Waals surface area contributed by atoms with Crippen LogP contribution in [0.25, 0.3) is 54.2 Å². The van der Waals surface area contributed by atoms with Crippen LogP contribution in [0.4, 0.5) is 0 Å². The van der Waals surface area contributed by atoms with Crippen molar-refractivity contribution in [3.05, 3.63) is 167 Å². The summed E-state index contributed by atoms with van der Waals surface area (Å²) in [5, 5.41) is 7.28. The average Bonchev–Trinajstić information content (AvgIpc) is 3.12. The van der Waals surface area contributed by atoms with Crippen molar-refractivity contribution in [3.63, 3.8) is 0 Å². The van der Waals surface area contributed by atoms with Gasteiger partial charge in [-0.25, -0.2) is 9.59 Å². The quantitative estimate of drug-likeness (QED) is 0.104. The van der Waals surface area contributed by atoms with Gasteiger partial charge in [-0.15, -0.1) is 0 Å². The number of carbonyl (C=O) groups excluding carboxylic acids is 2. The van der Waals surface area contributed by atoms with Gasteiger partial charge in [-0.2, -0.15) is 0 Å². The zero-order chi connectivity index (χ0) is 32.8. The molecular formula is C42H24Cl2O4. The van der Waals surface area contributed by atoms with Crippen molar-refractivity contribution in [2.24, 2.45) is 0 Å². The molecule has 0 amide bonds. The topological polar surface area (TPSA) is 52.6 Å². The van der Waals surface area contributed by atoms with E-state index in [0.717, 1.165) is 54.2 Å². The van der Waals surface area contributed by atoms with Crippen molar-refractivity contribution in [2.75, 3.05) is 0 Å². The number of rotatable bonds is 5. The lowest BCUT2D eigenvalue weighted by Gasteiger charge is -2.21. The molecule has 8 rings (SSSR count). The van der Waals surface area contributed by atoms with Crippen LogP contribution in [0.2, 0.25) is 10.0 Å². The minimum atomic E-state index is -0.461. The third-order valence-electron chi connectivity index (χ3n) is 8.53. The summed E-state index contributed by atoms with van der Waals surface area (Å²) >= 11 is 13.4. The number of carbonyl (C=O) groups is 2. The highest BCUT2D eigenvalue weighted by Crippen LogP contribution is 2.50. The third kappa shape index (κ3) is 5.12. The summed E-state index contributed by atoms with van der Waals surface area (Å²) in [6, 6.07) is 44.7. The van der Waals surface area contributed by atoms with Gasteiger partial charge in [-0.3, -0.25) is 0 Å². The molecule has 230 valence electrons. The van der Waals surface area contributed by atoms with Gasteiger partial charge in [0.1, 0.15) is 11.5 Å². The Balaban J connectivity index is 1.46. The fourth-order valence-electron chi connectivity index (χ4n) is 6.43. The first-order valence-electron chi connectivity index (χ1n) is 15.3. The predicted octanol–water partition coefficient (Wildman–Crippen LogP) is 11.7. The molecule has 6 heteroatoms. The first-order valence-corrected chi connectivity index (χ1v) is 16.1. The lowest BCUT2D eigenvalue weighted by molar-refractivity contribution is 0.0730. The van der Waals surface area contributed by atoms with E-state index in [0.29, 0.717) is 32.7 Å². The second kappa shape index (κ2) is 12.2. The Labute approximate surface area is 285 Å². The highest BCUT2D eigenvalue weighted by atomic mass is 35.5. The standard InChI is InChI=1S/C42H24Cl2O4/c43-27-19-21-33-35(23-27)37(29-15-7-9-17-31(29)39(33)47-41(45)25-11-3-1-4-12-25)38-30-16-8-10-18-32(30)40(34-22-20-28(44)24-36(34)38)48-42(46)26-13-5-2-6-14-26/h1-24H. The second-order valence-corrected chi connectivity index (χ2v) is 12.3. The van der Waals surface area contributed by atoms with E-state index in [-0.39, 0.29) is 0 Å². The average molecular weight is 664 g/mol. The Morgan fingerprint density at radius 1 is 0.375 bits per heavy atom. The van der Waals surface area contributed by atoms with Gasteiger partial charge in [0, 0.05) is 31.6 Å². The maximum Gasteiger partial charge on any atom is 0.343 e. The smallest absolute Gasteiger partial charge is 0.343 e. The molecule has 0 saturated heterocycles. The number of hydrogen-bond donors (Lipinski definition) is 0. The minimum absolute atomic E-state index is 0.440. The van der Waals surface area contributed by atoms with Crippen LogP contribution in [-0.2, 0) is 0 Å². The van der Waals surface area contributed by atoms with Crippen LogP contribution >= 0.6 is 23.2 Å². The maximum absolute atomic E-state index is 13.4. The summed E-state index contributed by atoms with van der Waals surface area (Å²) in [4.78, 5) is 26.9. The first kappa shape index (κ1) is 29.7. The van der Waals surface area contributed by atoms with Gasteiger partial charge in [0.2, 0.25) is 0 Å². The van der Waals surface area contributed by atoms with Gasteiger partial charge < -0.3 is 9.47 Å². The zero-order valence-corrected chi connectivity index (χ0v) is 26.8. The molecule has 0 N–H and O–H groups in total. The third-order valence-corrected chi connectivity index (χ3v) is 9.00. The number of halogens is 2. The summed E-state index contributed by atoms with van der Waals surface area (Å²) in [5.74, 6) is -0.0427. The van der Waals surface area contributed by atoms with Crippen LogP contribution in [0.15, 0.2) is 146 Å². The lowest BCUT2D eigenvalue weighted by atomic mass is 9.85. The summed E-state index contributed by atoms with van der Waals surface area (Å²) in [6.45, 7) is 0. The molecule has 0 bridgehead atoms. The molecule has 8 aromatic rings. The van der Waals surface area contributed by atoms with Gasteiger partial charge >= 0.3 is 11.9 Å². The fourth-order valence-corrected chi connectivity index (χ4v) is 6.78. The van der Waals surface area contributed by atoms with Crippen molar-refractivity contribution in [3.8, 4) is 22.6 Å². The Kier molecular flexibility index (Phi) is 7.53. The number of benzene rings is 8.